The van der Waals surface area contributed by atoms with Gasteiger partial charge in [0.2, 0.25) is 11.8 Å². The van der Waals surface area contributed by atoms with Crippen LogP contribution in [0.2, 0.25) is 5.02 Å². The second kappa shape index (κ2) is 14.6. The molecule has 0 heterocycles. The molecule has 0 aliphatic heterocycles. The summed E-state index contributed by atoms with van der Waals surface area (Å²) in [6.45, 7) is -0.424. The summed E-state index contributed by atoms with van der Waals surface area (Å²) in [6.07, 6.45) is 4.16. The van der Waals surface area contributed by atoms with Crippen molar-refractivity contribution in [1.82, 2.24) is 10.2 Å². The maximum Gasteiger partial charge on any atom is 0.264 e. The Labute approximate surface area is 264 Å². The Bertz CT molecular complexity index is 1650. The number of halogens is 1. The van der Waals surface area contributed by atoms with Gasteiger partial charge < -0.3 is 10.2 Å². The third kappa shape index (κ3) is 7.68. The highest BCUT2D eigenvalue weighted by Crippen LogP contribution is 2.31. The van der Waals surface area contributed by atoms with E-state index in [0.717, 1.165) is 41.1 Å². The molecule has 0 radical (unpaired) electrons. The van der Waals surface area contributed by atoms with Gasteiger partial charge in [0, 0.05) is 19.0 Å². The zero-order chi connectivity index (χ0) is 30.9. The first-order valence-electron chi connectivity index (χ1n) is 14.8. The molecule has 228 valence electrons. The van der Waals surface area contributed by atoms with E-state index in [-0.39, 0.29) is 40.5 Å². The molecule has 1 fully saturated rings. The Morgan fingerprint density at radius 3 is 1.93 bits per heavy atom. The summed E-state index contributed by atoms with van der Waals surface area (Å²) in [7, 11) is -4.20. The Morgan fingerprint density at radius 2 is 1.32 bits per heavy atom. The van der Waals surface area contributed by atoms with Crippen molar-refractivity contribution in [2.75, 3.05) is 10.8 Å². The van der Waals surface area contributed by atoms with E-state index in [0.29, 0.717) is 0 Å². The fraction of sp³-hybridized carbons (Fsp3) is 0.257. The molecule has 1 aliphatic carbocycles. The molecule has 2 amide bonds. The van der Waals surface area contributed by atoms with Gasteiger partial charge >= 0.3 is 0 Å². The molecule has 1 saturated carbocycles. The molecule has 0 saturated heterocycles. The number of nitrogens with zero attached hydrogens (tertiary/aromatic N) is 2. The van der Waals surface area contributed by atoms with Gasteiger partial charge in [-0.1, -0.05) is 115 Å². The van der Waals surface area contributed by atoms with E-state index in [4.69, 9.17) is 11.6 Å². The van der Waals surface area contributed by atoms with Gasteiger partial charge in [-0.05, 0) is 48.2 Å². The van der Waals surface area contributed by atoms with E-state index in [1.807, 2.05) is 60.7 Å². The van der Waals surface area contributed by atoms with Crippen LogP contribution in [0.3, 0.4) is 0 Å². The lowest BCUT2D eigenvalue weighted by atomic mass is 10.0. The SMILES string of the molecule is O=C(NC1CCCC1)[C@@H](Cc1ccccc1)N(Cc1ccccc1)C(=O)CN(c1ccccc1Cl)S(=O)(=O)c1ccccc1. The second-order valence-electron chi connectivity index (χ2n) is 11.0. The van der Waals surface area contributed by atoms with Gasteiger partial charge in [-0.25, -0.2) is 8.42 Å². The normalized spacial score (nSPS) is 14.1. The van der Waals surface area contributed by atoms with Gasteiger partial charge in [0.25, 0.3) is 10.0 Å². The summed E-state index contributed by atoms with van der Waals surface area (Å²) >= 11 is 6.53. The van der Waals surface area contributed by atoms with Crippen LogP contribution >= 0.6 is 11.6 Å². The molecule has 5 rings (SSSR count). The van der Waals surface area contributed by atoms with Crippen LogP contribution in [0.4, 0.5) is 5.69 Å². The summed E-state index contributed by atoms with van der Waals surface area (Å²) in [5.74, 6) is -0.768. The fourth-order valence-corrected chi connectivity index (χ4v) is 7.33. The fourth-order valence-electron chi connectivity index (χ4n) is 5.59. The molecule has 0 spiro atoms. The number of anilines is 1. The molecule has 1 atom stereocenters. The lowest BCUT2D eigenvalue weighted by Gasteiger charge is -2.34. The highest BCUT2D eigenvalue weighted by Gasteiger charge is 2.36. The molecule has 4 aromatic rings. The van der Waals surface area contributed by atoms with Gasteiger partial charge in [-0.2, -0.15) is 0 Å². The van der Waals surface area contributed by atoms with Crippen molar-refractivity contribution in [1.29, 1.82) is 0 Å². The van der Waals surface area contributed by atoms with Crippen LogP contribution in [0.1, 0.15) is 36.8 Å². The number of amides is 2. The van der Waals surface area contributed by atoms with Crippen molar-refractivity contribution in [3.8, 4) is 0 Å². The first kappa shape index (κ1) is 31.3. The van der Waals surface area contributed by atoms with E-state index >= 15 is 0 Å². The van der Waals surface area contributed by atoms with Crippen molar-refractivity contribution >= 4 is 39.1 Å². The van der Waals surface area contributed by atoms with Gasteiger partial charge in [0.15, 0.2) is 0 Å². The van der Waals surface area contributed by atoms with Gasteiger partial charge in [0.05, 0.1) is 15.6 Å². The number of nitrogens with one attached hydrogen (secondary N) is 1. The maximum atomic E-state index is 14.5. The monoisotopic (exact) mass is 629 g/mol. The summed E-state index contributed by atoms with van der Waals surface area (Å²) in [4.78, 5) is 30.0. The number of sulfonamides is 1. The third-order valence-corrected chi connectivity index (χ3v) is 9.99. The van der Waals surface area contributed by atoms with Gasteiger partial charge in [-0.3, -0.25) is 13.9 Å². The first-order valence-corrected chi connectivity index (χ1v) is 16.6. The highest BCUT2D eigenvalue weighted by atomic mass is 35.5. The Kier molecular flexibility index (Phi) is 10.4. The average Bonchev–Trinajstić information content (AvgIpc) is 3.56. The molecular formula is C35H36ClN3O4S. The first-order chi connectivity index (χ1) is 21.3. The van der Waals surface area contributed by atoms with Gasteiger partial charge in [0.1, 0.15) is 12.6 Å². The van der Waals surface area contributed by atoms with Gasteiger partial charge in [-0.15, -0.1) is 0 Å². The lowest BCUT2D eigenvalue weighted by Crippen LogP contribution is -2.54. The van der Waals surface area contributed by atoms with Crippen LogP contribution in [0.15, 0.2) is 120 Å². The number of para-hydroxylation sites is 1. The Balaban J connectivity index is 1.55. The predicted molar refractivity (Wildman–Crippen MR) is 174 cm³/mol. The number of hydrogen-bond donors (Lipinski definition) is 1. The van der Waals surface area contributed by atoms with Crippen LogP contribution in [0.5, 0.6) is 0 Å². The Morgan fingerprint density at radius 1 is 0.773 bits per heavy atom. The standard InChI is InChI=1S/C35H36ClN3O4S/c36-31-22-12-13-23-32(31)39(44(42,43)30-20-8-3-9-21-30)26-34(40)38(25-28-16-6-2-7-17-28)33(24-27-14-4-1-5-15-27)35(41)37-29-18-10-11-19-29/h1-9,12-17,20-23,29,33H,10-11,18-19,24-26H2,(H,37,41)/t33-/m1/s1. The summed E-state index contributed by atoms with van der Waals surface area (Å²) in [5.41, 5.74) is 1.90. The van der Waals surface area contributed by atoms with E-state index in [1.165, 1.54) is 17.0 Å². The van der Waals surface area contributed by atoms with Crippen LogP contribution in [-0.4, -0.2) is 43.8 Å². The number of carbonyl (C=O) groups is 2. The zero-order valence-electron chi connectivity index (χ0n) is 24.4. The average molecular weight is 630 g/mol. The number of hydrogen-bond acceptors (Lipinski definition) is 4. The largest absolute Gasteiger partial charge is 0.352 e. The molecule has 0 bridgehead atoms. The molecular weight excluding hydrogens is 594 g/mol. The van der Waals surface area contributed by atoms with Crippen molar-refractivity contribution in [3.63, 3.8) is 0 Å². The number of carbonyl (C=O) groups excluding carboxylic acids is 2. The predicted octanol–water partition coefficient (Wildman–Crippen LogP) is 6.23. The summed E-state index contributed by atoms with van der Waals surface area (Å²) < 4.78 is 29.1. The van der Waals surface area contributed by atoms with E-state index in [1.54, 1.807) is 42.5 Å². The summed E-state index contributed by atoms with van der Waals surface area (Å²) in [5, 5.41) is 3.37. The van der Waals surface area contributed by atoms with Crippen LogP contribution < -0.4 is 9.62 Å². The second-order valence-corrected chi connectivity index (χ2v) is 13.2. The van der Waals surface area contributed by atoms with Crippen molar-refractivity contribution in [3.05, 3.63) is 131 Å². The van der Waals surface area contributed by atoms with Crippen molar-refractivity contribution in [2.24, 2.45) is 0 Å². The molecule has 0 unspecified atom stereocenters. The molecule has 9 heteroatoms. The maximum absolute atomic E-state index is 14.5. The van der Waals surface area contributed by atoms with Crippen LogP contribution in [-0.2, 0) is 32.6 Å². The molecule has 7 nitrogen and oxygen atoms in total. The molecule has 4 aromatic carbocycles. The molecule has 1 N–H and O–H groups in total. The van der Waals surface area contributed by atoms with Crippen molar-refractivity contribution in [2.45, 2.75) is 55.6 Å². The van der Waals surface area contributed by atoms with E-state index < -0.39 is 28.5 Å². The highest BCUT2D eigenvalue weighted by molar-refractivity contribution is 7.92. The molecule has 1 aliphatic rings. The number of rotatable bonds is 12. The molecule has 44 heavy (non-hydrogen) atoms. The molecule has 0 aromatic heterocycles. The van der Waals surface area contributed by atoms with E-state index in [9.17, 15) is 18.0 Å². The van der Waals surface area contributed by atoms with Crippen molar-refractivity contribution < 1.29 is 18.0 Å². The smallest absolute Gasteiger partial charge is 0.264 e. The lowest BCUT2D eigenvalue weighted by molar-refractivity contribution is -0.140. The third-order valence-electron chi connectivity index (χ3n) is 7.90. The zero-order valence-corrected chi connectivity index (χ0v) is 26.0. The topological polar surface area (TPSA) is 86.8 Å². The quantitative estimate of drug-likeness (QED) is 0.201. The minimum Gasteiger partial charge on any atom is -0.352 e. The minimum absolute atomic E-state index is 0.0298. The van der Waals surface area contributed by atoms with Crippen LogP contribution in [0, 0.1) is 0 Å². The Hall–Kier alpha value is -4.14. The van der Waals surface area contributed by atoms with E-state index in [2.05, 4.69) is 5.32 Å². The summed E-state index contributed by atoms with van der Waals surface area (Å²) in [6, 6.07) is 32.6. The number of benzene rings is 4. The minimum atomic E-state index is -4.20. The van der Waals surface area contributed by atoms with Crippen LogP contribution in [0.25, 0.3) is 0 Å².